The molecule has 4 aromatic heterocycles. The molecule has 0 N–H and O–H groups in total. The van der Waals surface area contributed by atoms with Gasteiger partial charge in [-0.05, 0) is 271 Å². The van der Waals surface area contributed by atoms with E-state index in [-0.39, 0.29) is 32.9 Å². The van der Waals surface area contributed by atoms with Crippen molar-refractivity contribution in [3.63, 3.8) is 0 Å². The van der Waals surface area contributed by atoms with Gasteiger partial charge in [0.25, 0.3) is 0 Å². The largest absolute Gasteiger partial charge is 0.212 e. The number of nitrogens with zero attached hydrogens (tertiary/aromatic N) is 4. The van der Waals surface area contributed by atoms with Crippen LogP contribution in [0.3, 0.4) is 0 Å². The average molecular weight is 1490 g/mol. The molecule has 0 amide bonds. The molecule has 12 rings (SSSR count). The van der Waals surface area contributed by atoms with Crippen LogP contribution < -0.4 is 18.3 Å². The second-order valence-corrected chi connectivity index (χ2v) is 36.0. The first-order valence-corrected chi connectivity index (χ1v) is 39.5. The first kappa shape index (κ1) is 68.2. The molecule has 0 radical (unpaired) electrons. The quantitative estimate of drug-likeness (QED) is 0.0965. The minimum Gasteiger partial charge on any atom is -0.201 e. The Hall–Kier alpha value is -9.64. The van der Waals surface area contributed by atoms with Crippen molar-refractivity contribution in [2.45, 2.75) is 205 Å². The van der Waals surface area contributed by atoms with E-state index < -0.39 is 44.6 Å². The Morgan fingerprint density at radius 2 is 0.550 bits per heavy atom. The highest BCUT2D eigenvalue weighted by atomic mass is 14.9. The number of aromatic nitrogens is 4. The van der Waals surface area contributed by atoms with Gasteiger partial charge in [0.15, 0.2) is 24.8 Å². The van der Waals surface area contributed by atoms with E-state index in [1.54, 1.807) is 43.7 Å². The summed E-state index contributed by atoms with van der Waals surface area (Å²) in [5.74, 6) is -0.451. The number of benzene rings is 8. The molecule has 12 aromatic rings. The molecule has 111 heavy (non-hydrogen) atoms. The summed E-state index contributed by atoms with van der Waals surface area (Å²) in [6.45, 7) is 39.9. The van der Waals surface area contributed by atoms with Crippen LogP contribution in [0, 0.1) is 104 Å². The monoisotopic (exact) mass is 1490 g/mol. The fourth-order valence-corrected chi connectivity index (χ4v) is 15.0. The summed E-state index contributed by atoms with van der Waals surface area (Å²) < 4.78 is 115. The summed E-state index contributed by atoms with van der Waals surface area (Å²) in [6.07, 6.45) is 7.89. The normalized spacial score (nSPS) is 14.1. The van der Waals surface area contributed by atoms with Gasteiger partial charge in [0.2, 0.25) is 22.8 Å². The zero-order valence-electron chi connectivity index (χ0n) is 84.8. The van der Waals surface area contributed by atoms with Gasteiger partial charge in [0, 0.05) is 86.6 Å². The van der Waals surface area contributed by atoms with Crippen molar-refractivity contribution in [1.82, 2.24) is 0 Å². The maximum Gasteiger partial charge on any atom is 0.212 e. The van der Waals surface area contributed by atoms with Crippen molar-refractivity contribution in [2.24, 2.45) is 55.8 Å². The molecule has 4 heteroatoms. The molecule has 0 fully saturated rings. The summed E-state index contributed by atoms with van der Waals surface area (Å²) >= 11 is 0. The Kier molecular flexibility index (Phi) is 22.0. The van der Waals surface area contributed by atoms with E-state index in [1.165, 1.54) is 95.5 Å². The lowest BCUT2D eigenvalue weighted by Crippen LogP contribution is -2.33. The van der Waals surface area contributed by atoms with Crippen molar-refractivity contribution >= 4 is 0 Å². The predicted molar refractivity (Wildman–Crippen MR) is 477 cm³/mol. The molecule has 0 bridgehead atoms. The zero-order chi connectivity index (χ0) is 92.4. The molecule has 4 heterocycles. The van der Waals surface area contributed by atoms with E-state index in [1.807, 2.05) is 138 Å². The van der Waals surface area contributed by atoms with E-state index >= 15 is 0 Å². The van der Waals surface area contributed by atoms with Gasteiger partial charge < -0.3 is 0 Å². The van der Waals surface area contributed by atoms with E-state index in [0.29, 0.717) is 39.1 Å². The highest BCUT2D eigenvalue weighted by Crippen LogP contribution is 2.39. The Morgan fingerprint density at radius 1 is 0.270 bits per heavy atom. The fraction of sp³-hybridized carbons (Fsp3) is 0.364. The predicted octanol–water partition coefficient (Wildman–Crippen LogP) is 26.3. The number of rotatable bonds is 14. The maximum atomic E-state index is 8.71. The minimum atomic E-state index is -2.48. The van der Waals surface area contributed by atoms with Crippen molar-refractivity contribution in [2.75, 3.05) is 0 Å². The van der Waals surface area contributed by atoms with Gasteiger partial charge in [-0.2, -0.15) is 0 Å². The van der Waals surface area contributed by atoms with Crippen LogP contribution in [0.15, 0.2) is 219 Å². The smallest absolute Gasteiger partial charge is 0.201 e. The average Bonchev–Trinajstić information content (AvgIpc) is 0.753. The maximum absolute atomic E-state index is 8.71. The van der Waals surface area contributed by atoms with Crippen molar-refractivity contribution < 1.29 is 36.1 Å². The van der Waals surface area contributed by atoms with Crippen LogP contribution in [-0.2, 0) is 60.2 Å². The lowest BCUT2D eigenvalue weighted by Gasteiger charge is -2.24. The number of hydrogen-bond acceptors (Lipinski definition) is 0. The first-order chi connectivity index (χ1) is 57.2. The Balaban J connectivity index is 0.000000188. The number of aryl methyl sites for hydroxylation is 15. The highest BCUT2D eigenvalue weighted by Gasteiger charge is 2.28. The highest BCUT2D eigenvalue weighted by molar-refractivity contribution is 5.80. The lowest BCUT2D eigenvalue weighted by atomic mass is 9.81. The van der Waals surface area contributed by atoms with Crippen molar-refractivity contribution in [1.29, 1.82) is 0 Å². The summed E-state index contributed by atoms with van der Waals surface area (Å²) in [5, 5.41) is 0. The first-order valence-electron chi connectivity index (χ1n) is 46.0. The van der Waals surface area contributed by atoms with Gasteiger partial charge >= 0.3 is 0 Å². The molecule has 4 nitrogen and oxygen atoms in total. The molecule has 0 aliphatic carbocycles. The third-order valence-electron chi connectivity index (χ3n) is 20.2. The third kappa shape index (κ3) is 22.8. The molecule has 0 spiro atoms. The second-order valence-electron chi connectivity index (χ2n) is 36.0. The fourth-order valence-electron chi connectivity index (χ4n) is 15.0. The molecule has 8 aromatic carbocycles. The third-order valence-corrected chi connectivity index (χ3v) is 20.2. The minimum absolute atomic E-state index is 0.0301. The van der Waals surface area contributed by atoms with Crippen molar-refractivity contribution in [3.05, 3.63) is 308 Å². The van der Waals surface area contributed by atoms with E-state index in [2.05, 4.69) is 230 Å². The van der Waals surface area contributed by atoms with Gasteiger partial charge in [-0.25, -0.2) is 18.3 Å². The van der Waals surface area contributed by atoms with Crippen LogP contribution in [0.4, 0.5) is 0 Å². The molecule has 0 unspecified atom stereocenters. The van der Waals surface area contributed by atoms with E-state index in [0.717, 1.165) is 52.8 Å². The van der Waals surface area contributed by atoms with Gasteiger partial charge in [-0.3, -0.25) is 0 Å². The molecule has 0 aliphatic rings. The molecule has 0 saturated carbocycles. The van der Waals surface area contributed by atoms with Crippen LogP contribution in [0.1, 0.15) is 204 Å². The number of hydrogen-bond donors (Lipinski definition) is 0. The van der Waals surface area contributed by atoms with Gasteiger partial charge in [0.05, 0.1) is 0 Å². The van der Waals surface area contributed by atoms with Crippen LogP contribution in [0.2, 0.25) is 0 Å². The molecule has 0 atom stereocenters. The molecule has 578 valence electrons. The van der Waals surface area contributed by atoms with Gasteiger partial charge in [0.1, 0.15) is 28.2 Å². The van der Waals surface area contributed by atoms with Gasteiger partial charge in [-0.15, -0.1) is 0 Å². The van der Waals surface area contributed by atoms with Gasteiger partial charge in [-0.1, -0.05) is 243 Å². The van der Waals surface area contributed by atoms with Crippen molar-refractivity contribution in [3.8, 4) is 89.5 Å². The summed E-state index contributed by atoms with van der Waals surface area (Å²) in [4.78, 5) is 0. The Bertz CT molecular complexity index is 5790. The SMILES string of the molecule is Cc1c[n+](C)c(-c2cc(-c3ccccc3)c(C)cc2C)cc1CC(C)(C)C.Cc1cc(C)c(-c2cc(CC(C)(C)C)c(CC(C)(C)C)c[n+]2C)cc1-c1ccccc1.[2H]C([2H])([2H])c1cc(C)c(-c2cc(C([2H])([2H])C(C)C)c(C([2H])([2H])[2H])c[n+]2C)cc1-c1ccccc1.[2H]C([2H])([2H])c1cc(C)c(-c2cc(C)c(C([2H])([2H])C(C)(C)C)c[n+]2C)cc1-c1ccccc1. The number of pyridine rings is 4. The Morgan fingerprint density at radius 3 is 0.892 bits per heavy atom. The molecular formula is C107H134N4+4. The standard InChI is InChI=1S/C30H40N.2C26H32N.C25H30N/c1-21-15-22(2)27(17-26(21)23-13-11-10-12-14-23)28-16-24(18-29(3,4)5)25(20-31(28)9)19-30(6,7)8;1-18-14-25(27(7)17-22(18)16-26(4,5)6)24-15-23(19(2)13-20(24)3)21-11-9-8-10-12-21;1-18-13-19(2)24(15-23(18)21-11-9-8-10-12-21)25-14-22(16-26(4,5)6)20(3)17-27(25)7;1-17(2)12-22-14-25(26(6)16-20(22)5)24-15-23(18(3)13-19(24)4)21-10-8-7-9-11-21/h10-17,20H,18-19H2,1-9H3;2*8-15,17H,16H2,1-7H3;7-11,13-17H,12H2,1-6H3/q4*+1/i;2D3,16D2;;3D3,5D3,12D2. The van der Waals surface area contributed by atoms with Crippen LogP contribution in [0.25, 0.3) is 89.5 Å². The molecule has 0 saturated heterocycles. The zero-order valence-corrected chi connectivity index (χ0v) is 71.8. The second kappa shape index (κ2) is 35.8. The van der Waals surface area contributed by atoms with Crippen LogP contribution >= 0.6 is 0 Å². The van der Waals surface area contributed by atoms with Crippen LogP contribution in [0.5, 0.6) is 0 Å². The Labute approximate surface area is 690 Å². The molecule has 0 aliphatic heterocycles. The lowest BCUT2D eigenvalue weighted by molar-refractivity contribution is -0.661. The summed E-state index contributed by atoms with van der Waals surface area (Å²) in [6, 6.07) is 65.3. The van der Waals surface area contributed by atoms with Crippen LogP contribution in [-0.4, -0.2) is 0 Å². The topological polar surface area (TPSA) is 15.5 Å². The van der Waals surface area contributed by atoms with E-state index in [9.17, 15) is 0 Å². The summed E-state index contributed by atoms with van der Waals surface area (Å²) in [7, 11) is 7.99. The van der Waals surface area contributed by atoms with E-state index in [4.69, 9.17) is 17.8 Å². The molecular weight excluding hydrogens is 1340 g/mol. The summed E-state index contributed by atoms with van der Waals surface area (Å²) in [5.41, 5.74) is 31.6.